The molecule has 2 aromatic heterocycles. The maximum atomic E-state index is 4.02. The zero-order chi connectivity index (χ0) is 33.9. The van der Waals surface area contributed by atoms with E-state index in [1.807, 2.05) is 0 Å². The summed E-state index contributed by atoms with van der Waals surface area (Å²) < 4.78 is 4.91. The summed E-state index contributed by atoms with van der Waals surface area (Å²) in [5.74, 6) is 0. The van der Waals surface area contributed by atoms with Crippen LogP contribution in [0.25, 0.3) is 77.2 Å². The maximum absolute atomic E-state index is 4.02. The van der Waals surface area contributed by atoms with Crippen LogP contribution in [0, 0.1) is 0 Å². The number of rotatable bonds is 3. The number of nitrogens with one attached hydrogen (secondary N) is 1. The van der Waals surface area contributed by atoms with Gasteiger partial charge in [0.2, 0.25) is 0 Å². The summed E-state index contributed by atoms with van der Waals surface area (Å²) in [5, 5.41) is 9.16. The van der Waals surface area contributed by atoms with Crippen LogP contribution < -0.4 is 21.7 Å². The van der Waals surface area contributed by atoms with Gasteiger partial charge in [-0.25, -0.2) is 0 Å². The molecule has 0 amide bonds. The third kappa shape index (κ3) is 3.71. The molecule has 0 atom stereocenters. The number of fused-ring (bicyclic) bond motifs is 10. The van der Waals surface area contributed by atoms with Crippen LogP contribution in [0.2, 0.25) is 0 Å². The standard InChI is InChI=1S/C48H30BN3/c1-2-12-31(13-3-1)34-17-10-19-39-47(34)50-41-28-32(29-45-46(41)49(39)40-20-11-18-38-37-16-6-9-23-44(37)52(45)48(38)40)30-24-26-33(27-25-30)51-42-21-7-4-14-35(42)36-15-5-8-22-43(36)51/h1-29,50H. The van der Waals surface area contributed by atoms with E-state index >= 15 is 0 Å². The molecule has 0 unspecified atom stereocenters. The Kier molecular flexibility index (Phi) is 5.58. The minimum Gasteiger partial charge on any atom is -0.356 e. The van der Waals surface area contributed by atoms with Gasteiger partial charge in [-0.15, -0.1) is 0 Å². The fourth-order valence-corrected chi connectivity index (χ4v) is 9.35. The summed E-state index contributed by atoms with van der Waals surface area (Å²) in [5.41, 5.74) is 18.6. The first-order valence-corrected chi connectivity index (χ1v) is 18.1. The van der Waals surface area contributed by atoms with E-state index in [9.17, 15) is 0 Å². The Hall–Kier alpha value is -6.78. The second-order valence-corrected chi connectivity index (χ2v) is 14.2. The van der Waals surface area contributed by atoms with Crippen molar-refractivity contribution in [2.24, 2.45) is 0 Å². The largest absolute Gasteiger partial charge is 0.356 e. The fourth-order valence-electron chi connectivity index (χ4n) is 9.35. The Balaban J connectivity index is 1.10. The lowest BCUT2D eigenvalue weighted by molar-refractivity contribution is 1.18. The van der Waals surface area contributed by atoms with E-state index in [0.717, 1.165) is 5.69 Å². The van der Waals surface area contributed by atoms with Crippen molar-refractivity contribution in [2.45, 2.75) is 0 Å². The normalized spacial score (nSPS) is 12.7. The van der Waals surface area contributed by atoms with Crippen molar-refractivity contribution in [3.05, 3.63) is 176 Å². The maximum Gasteiger partial charge on any atom is 0.252 e. The van der Waals surface area contributed by atoms with Gasteiger partial charge in [0.15, 0.2) is 0 Å². The summed E-state index contributed by atoms with van der Waals surface area (Å²) in [6, 6.07) is 64.7. The Morgan fingerprint density at radius 1 is 0.423 bits per heavy atom. The number of anilines is 2. The number of hydrogen-bond donors (Lipinski definition) is 1. The van der Waals surface area contributed by atoms with Gasteiger partial charge in [-0.1, -0.05) is 133 Å². The Morgan fingerprint density at radius 2 is 1.02 bits per heavy atom. The molecule has 4 heteroatoms. The van der Waals surface area contributed by atoms with Crippen molar-refractivity contribution < 1.29 is 0 Å². The van der Waals surface area contributed by atoms with Gasteiger partial charge < -0.3 is 14.5 Å². The first-order chi connectivity index (χ1) is 25.8. The van der Waals surface area contributed by atoms with Crippen LogP contribution in [-0.2, 0) is 0 Å². The van der Waals surface area contributed by atoms with Gasteiger partial charge >= 0.3 is 0 Å². The van der Waals surface area contributed by atoms with E-state index in [1.54, 1.807) is 0 Å². The molecule has 2 aliphatic heterocycles. The van der Waals surface area contributed by atoms with Crippen LogP contribution in [-0.4, -0.2) is 15.8 Å². The van der Waals surface area contributed by atoms with Crippen molar-refractivity contribution in [3.63, 3.8) is 0 Å². The zero-order valence-corrected chi connectivity index (χ0v) is 28.2. The monoisotopic (exact) mass is 659 g/mol. The summed E-state index contributed by atoms with van der Waals surface area (Å²) >= 11 is 0. The average Bonchev–Trinajstić information content (AvgIpc) is 3.73. The molecule has 0 spiro atoms. The van der Waals surface area contributed by atoms with E-state index < -0.39 is 0 Å². The summed E-state index contributed by atoms with van der Waals surface area (Å²) in [4.78, 5) is 0. The first kappa shape index (κ1) is 28.0. The SMILES string of the molecule is c1ccc(-c2cccc3c2Nc2cc(-c4ccc(-n5c6ccccc6c6ccccc65)cc4)cc4c2B3c2cccc3c5ccccc5n-4c23)cc1. The third-order valence-corrected chi connectivity index (χ3v) is 11.5. The zero-order valence-electron chi connectivity index (χ0n) is 28.2. The fraction of sp³-hybridized carbons (Fsp3) is 0. The number of hydrogen-bond acceptors (Lipinski definition) is 1. The lowest BCUT2D eigenvalue weighted by Gasteiger charge is -2.35. The molecular weight excluding hydrogens is 629 g/mol. The summed E-state index contributed by atoms with van der Waals surface area (Å²) in [7, 11) is 0. The molecular formula is C48H30BN3. The summed E-state index contributed by atoms with van der Waals surface area (Å²) in [6.07, 6.45) is 0. The van der Waals surface area contributed by atoms with Crippen LogP contribution in [0.3, 0.4) is 0 Å². The van der Waals surface area contributed by atoms with Crippen LogP contribution in [0.4, 0.5) is 11.4 Å². The predicted molar refractivity (Wildman–Crippen MR) is 220 cm³/mol. The average molecular weight is 660 g/mol. The number of nitrogens with zero attached hydrogens (tertiary/aromatic N) is 2. The Bertz CT molecular complexity index is 3040. The van der Waals surface area contributed by atoms with Gasteiger partial charge in [0.1, 0.15) is 0 Å². The topological polar surface area (TPSA) is 21.9 Å². The van der Waals surface area contributed by atoms with E-state index in [-0.39, 0.29) is 6.71 Å². The van der Waals surface area contributed by atoms with Crippen molar-refractivity contribution in [1.82, 2.24) is 9.13 Å². The van der Waals surface area contributed by atoms with Crippen molar-refractivity contribution >= 4 is 78.1 Å². The molecule has 0 saturated carbocycles. The molecule has 4 heterocycles. The van der Waals surface area contributed by atoms with E-state index in [1.165, 1.54) is 99.3 Å². The molecule has 2 aliphatic rings. The van der Waals surface area contributed by atoms with Crippen LogP contribution in [0.15, 0.2) is 176 Å². The molecule has 10 aromatic rings. The quantitative estimate of drug-likeness (QED) is 0.187. The summed E-state index contributed by atoms with van der Waals surface area (Å²) in [6.45, 7) is 0.108. The smallest absolute Gasteiger partial charge is 0.252 e. The van der Waals surface area contributed by atoms with E-state index in [2.05, 4.69) is 190 Å². The number of para-hydroxylation sites is 5. The highest BCUT2D eigenvalue weighted by molar-refractivity contribution is 7.00. The van der Waals surface area contributed by atoms with Gasteiger partial charge in [0, 0.05) is 55.4 Å². The highest BCUT2D eigenvalue weighted by Crippen LogP contribution is 2.41. The predicted octanol–water partition coefficient (Wildman–Crippen LogP) is 10.1. The van der Waals surface area contributed by atoms with E-state index in [0.29, 0.717) is 0 Å². The molecule has 0 fully saturated rings. The van der Waals surface area contributed by atoms with Crippen LogP contribution in [0.1, 0.15) is 0 Å². The van der Waals surface area contributed by atoms with Crippen LogP contribution in [0.5, 0.6) is 0 Å². The molecule has 12 rings (SSSR count). The highest BCUT2D eigenvalue weighted by atomic mass is 15.0. The lowest BCUT2D eigenvalue weighted by atomic mass is 9.34. The van der Waals surface area contributed by atoms with Crippen molar-refractivity contribution in [1.29, 1.82) is 0 Å². The molecule has 8 aromatic carbocycles. The molecule has 240 valence electrons. The molecule has 0 aliphatic carbocycles. The molecule has 0 saturated heterocycles. The molecule has 1 N–H and O–H groups in total. The van der Waals surface area contributed by atoms with Crippen molar-refractivity contribution in [2.75, 3.05) is 5.32 Å². The first-order valence-electron chi connectivity index (χ1n) is 18.1. The van der Waals surface area contributed by atoms with Gasteiger partial charge in [0.25, 0.3) is 6.71 Å². The molecule has 0 bridgehead atoms. The van der Waals surface area contributed by atoms with Gasteiger partial charge in [-0.2, -0.15) is 0 Å². The van der Waals surface area contributed by atoms with Crippen molar-refractivity contribution in [3.8, 4) is 33.6 Å². The highest BCUT2D eigenvalue weighted by Gasteiger charge is 2.40. The second-order valence-electron chi connectivity index (χ2n) is 14.2. The Labute approximate surface area is 301 Å². The number of aromatic nitrogens is 2. The lowest BCUT2D eigenvalue weighted by Crippen LogP contribution is -2.59. The Morgan fingerprint density at radius 3 is 1.75 bits per heavy atom. The van der Waals surface area contributed by atoms with Gasteiger partial charge in [0.05, 0.1) is 16.6 Å². The third-order valence-electron chi connectivity index (χ3n) is 11.5. The molecule has 3 nitrogen and oxygen atoms in total. The molecule has 52 heavy (non-hydrogen) atoms. The second kappa shape index (κ2) is 10.4. The van der Waals surface area contributed by atoms with Gasteiger partial charge in [-0.3, -0.25) is 0 Å². The molecule has 0 radical (unpaired) electrons. The van der Waals surface area contributed by atoms with E-state index in [4.69, 9.17) is 0 Å². The number of benzene rings is 8. The minimum atomic E-state index is 0.108. The minimum absolute atomic E-state index is 0.108. The van der Waals surface area contributed by atoms with Crippen LogP contribution >= 0.6 is 0 Å². The van der Waals surface area contributed by atoms with Gasteiger partial charge in [-0.05, 0) is 75.5 Å².